The second-order valence-electron chi connectivity index (χ2n) is 7.14. The molecule has 0 N–H and O–H groups in total. The molecular formula is C26H24N2O2. The van der Waals surface area contributed by atoms with Gasteiger partial charge in [-0.05, 0) is 23.6 Å². The molecule has 4 aromatic rings. The molecule has 4 nitrogen and oxygen atoms in total. The lowest BCUT2D eigenvalue weighted by Gasteiger charge is -2.38. The molecule has 0 fully saturated rings. The molecule has 4 heteroatoms. The molecule has 0 unspecified atom stereocenters. The minimum absolute atomic E-state index is 0.289. The first kappa shape index (κ1) is 19.6. The summed E-state index contributed by atoms with van der Waals surface area (Å²) < 4.78 is 7.78. The Bertz CT molecular complexity index is 1020. The first-order valence-corrected chi connectivity index (χ1v) is 10.1. The van der Waals surface area contributed by atoms with Gasteiger partial charge in [0.1, 0.15) is 5.54 Å². The van der Waals surface area contributed by atoms with Gasteiger partial charge >= 0.3 is 5.97 Å². The fraction of sp³-hybridized carbons (Fsp3) is 0.154. The highest BCUT2D eigenvalue weighted by molar-refractivity contribution is 5.72. The van der Waals surface area contributed by atoms with Crippen LogP contribution in [0.15, 0.2) is 97.3 Å². The Morgan fingerprint density at radius 1 is 0.833 bits per heavy atom. The largest absolute Gasteiger partial charge is 0.407 e. The number of aryl methyl sites for hydroxylation is 1. The Hall–Kier alpha value is -3.66. The first-order chi connectivity index (χ1) is 14.7. The maximum Gasteiger partial charge on any atom is 0.312 e. The molecule has 150 valence electrons. The van der Waals surface area contributed by atoms with E-state index in [1.54, 1.807) is 13.3 Å². The van der Waals surface area contributed by atoms with Gasteiger partial charge in [-0.25, -0.2) is 4.98 Å². The molecule has 0 amide bonds. The van der Waals surface area contributed by atoms with Crippen LogP contribution in [0.25, 0.3) is 0 Å². The molecule has 4 rings (SSSR count). The van der Waals surface area contributed by atoms with Crippen molar-refractivity contribution in [2.45, 2.75) is 25.8 Å². The van der Waals surface area contributed by atoms with Crippen LogP contribution in [0.2, 0.25) is 0 Å². The van der Waals surface area contributed by atoms with Crippen molar-refractivity contribution < 1.29 is 9.53 Å². The molecule has 0 spiro atoms. The van der Waals surface area contributed by atoms with Crippen molar-refractivity contribution in [2.24, 2.45) is 0 Å². The normalized spacial score (nSPS) is 11.3. The number of hydrogen-bond donors (Lipinski definition) is 0. The average molecular weight is 396 g/mol. The number of benzene rings is 3. The summed E-state index contributed by atoms with van der Waals surface area (Å²) in [7, 11) is 0. The van der Waals surface area contributed by atoms with E-state index >= 15 is 0 Å². The topological polar surface area (TPSA) is 44.1 Å². The molecule has 0 aliphatic carbocycles. The third-order valence-electron chi connectivity index (χ3n) is 5.33. The van der Waals surface area contributed by atoms with Gasteiger partial charge in [0.05, 0.1) is 12.0 Å². The Labute approximate surface area is 176 Å². The molecule has 30 heavy (non-hydrogen) atoms. The minimum Gasteiger partial charge on any atom is -0.407 e. The second-order valence-corrected chi connectivity index (χ2v) is 7.14. The van der Waals surface area contributed by atoms with Gasteiger partial charge < -0.3 is 4.74 Å². The molecule has 3 aromatic carbocycles. The van der Waals surface area contributed by atoms with Crippen molar-refractivity contribution in [1.29, 1.82) is 0 Å². The monoisotopic (exact) mass is 396 g/mol. The second kappa shape index (κ2) is 8.37. The highest BCUT2D eigenvalue weighted by Crippen LogP contribution is 2.43. The van der Waals surface area contributed by atoms with Crippen LogP contribution in [0.5, 0.6) is 5.88 Å². The minimum atomic E-state index is -0.756. The molecule has 0 aliphatic rings. The Balaban J connectivity index is 2.11. The predicted molar refractivity (Wildman–Crippen MR) is 117 cm³/mol. The van der Waals surface area contributed by atoms with Gasteiger partial charge in [0, 0.05) is 6.42 Å². The highest BCUT2D eigenvalue weighted by atomic mass is 16.5. The maximum absolute atomic E-state index is 12.3. The van der Waals surface area contributed by atoms with Crippen LogP contribution in [0, 0.1) is 6.92 Å². The van der Waals surface area contributed by atoms with E-state index in [4.69, 9.17) is 4.74 Å². The third-order valence-corrected chi connectivity index (χ3v) is 5.33. The van der Waals surface area contributed by atoms with E-state index in [0.717, 1.165) is 16.7 Å². The number of imidazole rings is 1. The summed E-state index contributed by atoms with van der Waals surface area (Å²) in [5.41, 5.74) is 3.06. The lowest BCUT2D eigenvalue weighted by atomic mass is 9.76. The van der Waals surface area contributed by atoms with Crippen molar-refractivity contribution >= 4 is 5.97 Å². The highest BCUT2D eigenvalue weighted by Gasteiger charge is 2.41. The Morgan fingerprint density at radius 2 is 1.27 bits per heavy atom. The molecule has 0 aliphatic heterocycles. The van der Waals surface area contributed by atoms with Crippen LogP contribution in [-0.4, -0.2) is 15.5 Å². The lowest BCUT2D eigenvalue weighted by molar-refractivity contribution is -0.134. The number of rotatable bonds is 6. The fourth-order valence-electron chi connectivity index (χ4n) is 3.92. The summed E-state index contributed by atoms with van der Waals surface area (Å²) in [6.45, 7) is 3.65. The molecule has 1 heterocycles. The molecule has 0 radical (unpaired) electrons. The number of carbonyl (C=O) groups excluding carboxylic acids is 1. The molecule has 0 saturated carbocycles. The van der Waals surface area contributed by atoms with Gasteiger partial charge in [-0.2, -0.15) is 0 Å². The van der Waals surface area contributed by atoms with Gasteiger partial charge in [0.25, 0.3) is 0 Å². The average Bonchev–Trinajstić information content (AvgIpc) is 3.17. The number of hydrogen-bond acceptors (Lipinski definition) is 3. The van der Waals surface area contributed by atoms with Crippen LogP contribution in [-0.2, 0) is 10.3 Å². The molecule has 0 bridgehead atoms. The summed E-state index contributed by atoms with van der Waals surface area (Å²) in [6, 6.07) is 30.7. The number of esters is 1. The van der Waals surface area contributed by atoms with Gasteiger partial charge in [0.15, 0.2) is 0 Å². The zero-order chi connectivity index (χ0) is 21.0. The van der Waals surface area contributed by atoms with Crippen LogP contribution in [0.4, 0.5) is 0 Å². The van der Waals surface area contributed by atoms with Crippen molar-refractivity contribution in [3.63, 3.8) is 0 Å². The summed E-state index contributed by atoms with van der Waals surface area (Å²) in [5.74, 6) is 0.168. The third kappa shape index (κ3) is 3.30. The van der Waals surface area contributed by atoms with Gasteiger partial charge in [0.2, 0.25) is 5.88 Å². The van der Waals surface area contributed by atoms with Crippen molar-refractivity contribution in [3.05, 3.63) is 120 Å². The number of nitrogens with zero attached hydrogens (tertiary/aromatic N) is 2. The first-order valence-electron chi connectivity index (χ1n) is 10.1. The van der Waals surface area contributed by atoms with E-state index in [1.165, 1.54) is 0 Å². The van der Waals surface area contributed by atoms with Crippen LogP contribution < -0.4 is 4.74 Å². The number of ether oxygens (including phenoxy) is 1. The van der Waals surface area contributed by atoms with Crippen LogP contribution in [0.3, 0.4) is 0 Å². The van der Waals surface area contributed by atoms with Crippen molar-refractivity contribution in [2.75, 3.05) is 0 Å². The summed E-state index contributed by atoms with van der Waals surface area (Å²) in [5, 5.41) is 0. The van der Waals surface area contributed by atoms with E-state index in [0.29, 0.717) is 18.0 Å². The van der Waals surface area contributed by atoms with Crippen molar-refractivity contribution in [1.82, 2.24) is 9.55 Å². The van der Waals surface area contributed by atoms with E-state index < -0.39 is 5.54 Å². The van der Waals surface area contributed by atoms with Crippen LogP contribution >= 0.6 is 0 Å². The SMILES string of the molecule is CCC(=O)Oc1c(C)ncn1C(c1ccccc1)(c1ccccc1)c1ccccc1. The predicted octanol–water partition coefficient (Wildman–Crippen LogP) is 5.35. The van der Waals surface area contributed by atoms with Crippen LogP contribution in [0.1, 0.15) is 35.7 Å². The molecule has 0 saturated heterocycles. The maximum atomic E-state index is 12.3. The van der Waals surface area contributed by atoms with Gasteiger partial charge in [-0.15, -0.1) is 0 Å². The number of aromatic nitrogens is 2. The smallest absolute Gasteiger partial charge is 0.312 e. The number of carbonyl (C=O) groups is 1. The Morgan fingerprint density at radius 3 is 1.67 bits per heavy atom. The zero-order valence-electron chi connectivity index (χ0n) is 17.2. The standard InChI is InChI=1S/C26H24N2O2/c1-3-24(29)30-25-20(2)27-19-28(25)26(21-13-7-4-8-14-21,22-15-9-5-10-16-22)23-17-11-6-12-18-23/h4-19H,3H2,1-2H3. The summed E-state index contributed by atoms with van der Waals surface area (Å²) in [6.07, 6.45) is 2.06. The van der Waals surface area contributed by atoms with Gasteiger partial charge in [-0.1, -0.05) is 97.9 Å². The van der Waals surface area contributed by atoms with E-state index in [1.807, 2.05) is 66.1 Å². The summed E-state index contributed by atoms with van der Waals surface area (Å²) in [4.78, 5) is 16.8. The lowest BCUT2D eigenvalue weighted by Crippen LogP contribution is -2.38. The van der Waals surface area contributed by atoms with Crippen molar-refractivity contribution in [3.8, 4) is 5.88 Å². The van der Waals surface area contributed by atoms with E-state index in [2.05, 4.69) is 41.4 Å². The Kier molecular flexibility index (Phi) is 5.48. The van der Waals surface area contributed by atoms with E-state index in [9.17, 15) is 4.79 Å². The molecule has 0 atom stereocenters. The van der Waals surface area contributed by atoms with Gasteiger partial charge in [-0.3, -0.25) is 9.36 Å². The quantitative estimate of drug-likeness (QED) is 0.326. The van der Waals surface area contributed by atoms with E-state index in [-0.39, 0.29) is 5.97 Å². The zero-order valence-corrected chi connectivity index (χ0v) is 17.2. The molecular weight excluding hydrogens is 372 g/mol. The molecule has 1 aromatic heterocycles. The summed E-state index contributed by atoms with van der Waals surface area (Å²) >= 11 is 0. The fourth-order valence-corrected chi connectivity index (χ4v) is 3.92.